The Hall–Kier alpha value is -2.14. The van der Waals surface area contributed by atoms with Gasteiger partial charge in [-0.25, -0.2) is 0 Å². The molecule has 0 bridgehead atoms. The van der Waals surface area contributed by atoms with Gasteiger partial charge in [-0.05, 0) is 30.3 Å². The van der Waals surface area contributed by atoms with Gasteiger partial charge in [0.05, 0.1) is 12.8 Å². The predicted molar refractivity (Wildman–Crippen MR) is 68.0 cm³/mol. The molecule has 1 N–H and O–H groups in total. The summed E-state index contributed by atoms with van der Waals surface area (Å²) in [6.07, 6.45) is 1.50. The summed E-state index contributed by atoms with van der Waals surface area (Å²) in [7, 11) is 1.52. The molecule has 0 atom stereocenters. The second kappa shape index (κ2) is 5.46. The second-order valence-electron chi connectivity index (χ2n) is 3.41. The van der Waals surface area contributed by atoms with Gasteiger partial charge in [0.1, 0.15) is 5.75 Å². The van der Waals surface area contributed by atoms with E-state index in [4.69, 9.17) is 16.3 Å². The van der Waals surface area contributed by atoms with Crippen LogP contribution in [0.2, 0.25) is 5.02 Å². The van der Waals surface area contributed by atoms with E-state index in [1.165, 1.54) is 13.3 Å². The lowest BCUT2D eigenvalue weighted by molar-refractivity contribution is 0.102. The molecule has 1 aromatic heterocycles. The van der Waals surface area contributed by atoms with Crippen LogP contribution in [0, 0.1) is 0 Å². The molecule has 1 heterocycles. The fraction of sp³-hybridized carbons (Fsp3) is 0.0833. The summed E-state index contributed by atoms with van der Waals surface area (Å²) in [6, 6.07) is 8.16. The van der Waals surface area contributed by atoms with Gasteiger partial charge in [0.15, 0.2) is 5.69 Å². The van der Waals surface area contributed by atoms with Gasteiger partial charge in [-0.3, -0.25) is 4.79 Å². The first-order valence-corrected chi connectivity index (χ1v) is 5.51. The van der Waals surface area contributed by atoms with E-state index in [1.54, 1.807) is 30.3 Å². The summed E-state index contributed by atoms with van der Waals surface area (Å²) < 4.78 is 5.13. The van der Waals surface area contributed by atoms with Gasteiger partial charge in [-0.15, -0.1) is 5.10 Å². The minimum atomic E-state index is -0.372. The topological polar surface area (TPSA) is 64.1 Å². The van der Waals surface area contributed by atoms with Gasteiger partial charge < -0.3 is 10.1 Å². The Bertz CT molecular complexity index is 561. The maximum absolute atomic E-state index is 11.9. The standard InChI is InChI=1S/C12H10ClN3O2/c1-18-11-5-4-8(13)7-10(11)15-12(17)9-3-2-6-14-16-9/h2-7H,1H3,(H,15,17). The third-order valence-electron chi connectivity index (χ3n) is 2.21. The molecule has 6 heteroatoms. The van der Waals surface area contributed by atoms with Gasteiger partial charge in [-0.1, -0.05) is 11.6 Å². The Labute approximate surface area is 109 Å². The summed E-state index contributed by atoms with van der Waals surface area (Å²) in [5.41, 5.74) is 0.709. The number of carbonyl (C=O) groups excluding carboxylic acids is 1. The average molecular weight is 264 g/mol. The minimum absolute atomic E-state index is 0.222. The Morgan fingerprint density at radius 3 is 2.89 bits per heavy atom. The first kappa shape index (κ1) is 12.3. The Balaban J connectivity index is 2.24. The maximum Gasteiger partial charge on any atom is 0.276 e. The van der Waals surface area contributed by atoms with Crippen molar-refractivity contribution in [3.05, 3.63) is 47.2 Å². The molecule has 2 rings (SSSR count). The molecule has 0 aliphatic rings. The van der Waals surface area contributed by atoms with Crippen molar-refractivity contribution >= 4 is 23.2 Å². The van der Waals surface area contributed by atoms with E-state index >= 15 is 0 Å². The number of carbonyl (C=O) groups is 1. The van der Waals surface area contributed by atoms with Crippen LogP contribution < -0.4 is 10.1 Å². The highest BCUT2D eigenvalue weighted by atomic mass is 35.5. The normalized spacial score (nSPS) is 9.89. The third kappa shape index (κ3) is 2.75. The lowest BCUT2D eigenvalue weighted by Crippen LogP contribution is -2.14. The van der Waals surface area contributed by atoms with Crippen molar-refractivity contribution in [2.75, 3.05) is 12.4 Å². The van der Waals surface area contributed by atoms with E-state index < -0.39 is 0 Å². The molecule has 0 unspecified atom stereocenters. The predicted octanol–water partition coefficient (Wildman–Crippen LogP) is 2.39. The van der Waals surface area contributed by atoms with Crippen LogP contribution in [0.4, 0.5) is 5.69 Å². The van der Waals surface area contributed by atoms with E-state index in [0.717, 1.165) is 0 Å². The van der Waals surface area contributed by atoms with Crippen LogP contribution in [-0.2, 0) is 0 Å². The first-order valence-electron chi connectivity index (χ1n) is 5.13. The molecule has 1 amide bonds. The quantitative estimate of drug-likeness (QED) is 0.923. The van der Waals surface area contributed by atoms with Crippen LogP contribution in [0.25, 0.3) is 0 Å². The van der Waals surface area contributed by atoms with Gasteiger partial charge in [-0.2, -0.15) is 5.10 Å². The number of hydrogen-bond acceptors (Lipinski definition) is 4. The highest BCUT2D eigenvalue weighted by Crippen LogP contribution is 2.27. The molecule has 0 spiro atoms. The van der Waals surface area contributed by atoms with Crippen molar-refractivity contribution < 1.29 is 9.53 Å². The molecule has 18 heavy (non-hydrogen) atoms. The zero-order chi connectivity index (χ0) is 13.0. The molecular formula is C12H10ClN3O2. The largest absolute Gasteiger partial charge is 0.495 e. The lowest BCUT2D eigenvalue weighted by atomic mass is 10.2. The number of benzene rings is 1. The molecule has 0 radical (unpaired) electrons. The van der Waals surface area contributed by atoms with Crippen LogP contribution in [0.1, 0.15) is 10.5 Å². The minimum Gasteiger partial charge on any atom is -0.495 e. The average Bonchev–Trinajstić information content (AvgIpc) is 2.40. The van der Waals surface area contributed by atoms with Crippen molar-refractivity contribution in [1.29, 1.82) is 0 Å². The molecule has 0 saturated carbocycles. The molecule has 0 fully saturated rings. The fourth-order valence-electron chi connectivity index (χ4n) is 1.39. The van der Waals surface area contributed by atoms with E-state index in [-0.39, 0.29) is 11.6 Å². The number of hydrogen-bond donors (Lipinski definition) is 1. The summed E-state index contributed by atoms with van der Waals surface area (Å²) in [6.45, 7) is 0. The first-order chi connectivity index (χ1) is 8.70. The zero-order valence-corrected chi connectivity index (χ0v) is 10.3. The fourth-order valence-corrected chi connectivity index (χ4v) is 1.56. The summed E-state index contributed by atoms with van der Waals surface area (Å²) in [5.74, 6) is 0.153. The number of anilines is 1. The molecule has 1 aromatic carbocycles. The number of nitrogens with one attached hydrogen (secondary N) is 1. The number of rotatable bonds is 3. The second-order valence-corrected chi connectivity index (χ2v) is 3.84. The number of amides is 1. The van der Waals surface area contributed by atoms with Gasteiger partial charge in [0, 0.05) is 11.2 Å². The maximum atomic E-state index is 11.9. The zero-order valence-electron chi connectivity index (χ0n) is 9.55. The lowest BCUT2D eigenvalue weighted by Gasteiger charge is -2.09. The summed E-state index contributed by atoms with van der Waals surface area (Å²) in [4.78, 5) is 11.9. The van der Waals surface area contributed by atoms with Gasteiger partial charge in [0.2, 0.25) is 0 Å². The SMILES string of the molecule is COc1ccc(Cl)cc1NC(=O)c1cccnn1. The van der Waals surface area contributed by atoms with Crippen molar-refractivity contribution in [3.63, 3.8) is 0 Å². The molecule has 92 valence electrons. The number of halogens is 1. The molecule has 2 aromatic rings. The molecule has 0 saturated heterocycles. The summed E-state index contributed by atoms with van der Waals surface area (Å²) >= 11 is 5.87. The van der Waals surface area contributed by atoms with Crippen LogP contribution in [0.3, 0.4) is 0 Å². The molecule has 0 aliphatic heterocycles. The Morgan fingerprint density at radius 2 is 2.22 bits per heavy atom. The van der Waals surface area contributed by atoms with Gasteiger partial charge in [0.25, 0.3) is 5.91 Å². The molecule has 0 aliphatic carbocycles. The smallest absolute Gasteiger partial charge is 0.276 e. The highest BCUT2D eigenvalue weighted by Gasteiger charge is 2.11. The van der Waals surface area contributed by atoms with E-state index in [9.17, 15) is 4.79 Å². The van der Waals surface area contributed by atoms with Crippen LogP contribution in [-0.4, -0.2) is 23.2 Å². The molecular weight excluding hydrogens is 254 g/mol. The summed E-state index contributed by atoms with van der Waals surface area (Å²) in [5, 5.41) is 10.5. The number of nitrogens with zero attached hydrogens (tertiary/aromatic N) is 2. The van der Waals surface area contributed by atoms with Crippen molar-refractivity contribution in [1.82, 2.24) is 10.2 Å². The van der Waals surface area contributed by atoms with Crippen molar-refractivity contribution in [2.24, 2.45) is 0 Å². The Kier molecular flexibility index (Phi) is 3.74. The van der Waals surface area contributed by atoms with Crippen LogP contribution >= 0.6 is 11.6 Å². The third-order valence-corrected chi connectivity index (χ3v) is 2.45. The van der Waals surface area contributed by atoms with E-state index in [2.05, 4.69) is 15.5 Å². The highest BCUT2D eigenvalue weighted by molar-refractivity contribution is 6.31. The van der Waals surface area contributed by atoms with Crippen LogP contribution in [0.5, 0.6) is 5.75 Å². The van der Waals surface area contributed by atoms with E-state index in [0.29, 0.717) is 16.5 Å². The van der Waals surface area contributed by atoms with Crippen molar-refractivity contribution in [3.8, 4) is 5.75 Å². The van der Waals surface area contributed by atoms with Gasteiger partial charge >= 0.3 is 0 Å². The number of aromatic nitrogens is 2. The number of ether oxygens (including phenoxy) is 1. The number of methoxy groups -OCH3 is 1. The van der Waals surface area contributed by atoms with Crippen molar-refractivity contribution in [2.45, 2.75) is 0 Å². The monoisotopic (exact) mass is 263 g/mol. The molecule has 5 nitrogen and oxygen atoms in total. The van der Waals surface area contributed by atoms with E-state index in [1.807, 2.05) is 0 Å². The Morgan fingerprint density at radius 1 is 1.39 bits per heavy atom. The van der Waals surface area contributed by atoms with Crippen LogP contribution in [0.15, 0.2) is 36.5 Å².